The zero-order chi connectivity index (χ0) is 26.0. The van der Waals surface area contributed by atoms with E-state index < -0.39 is 34.1 Å². The van der Waals surface area contributed by atoms with Crippen LogP contribution in [0.25, 0.3) is 0 Å². The Morgan fingerprint density at radius 1 is 1.09 bits per heavy atom. The second-order valence-corrected chi connectivity index (χ2v) is 11.6. The van der Waals surface area contributed by atoms with Crippen LogP contribution in [-0.2, 0) is 26.2 Å². The molecule has 0 unspecified atom stereocenters. The average Bonchev–Trinajstić information content (AvgIpc) is 3.21. The molecule has 9 nitrogen and oxygen atoms in total. The Morgan fingerprint density at radius 3 is 2.40 bits per heavy atom. The third kappa shape index (κ3) is 6.88. The highest BCUT2D eigenvalue weighted by Crippen LogP contribution is 2.36. The van der Waals surface area contributed by atoms with Gasteiger partial charge in [0.2, 0.25) is 28.6 Å². The van der Waals surface area contributed by atoms with Crippen molar-refractivity contribution in [3.05, 3.63) is 53.6 Å². The van der Waals surface area contributed by atoms with Crippen molar-refractivity contribution in [3.63, 3.8) is 0 Å². The molecule has 1 atom stereocenters. The lowest BCUT2D eigenvalue weighted by Gasteiger charge is -2.33. The fourth-order valence-corrected chi connectivity index (χ4v) is 4.56. The summed E-state index contributed by atoms with van der Waals surface area (Å²) in [6.07, 6.45) is 1.03. The van der Waals surface area contributed by atoms with Gasteiger partial charge in [0.05, 0.1) is 11.9 Å². The smallest absolute Gasteiger partial charge is 0.244 e. The molecule has 0 aromatic heterocycles. The first kappa shape index (κ1) is 26.3. The Bertz CT molecular complexity index is 1210. The van der Waals surface area contributed by atoms with E-state index in [1.165, 1.54) is 11.0 Å². The molecule has 3 rings (SSSR count). The summed E-state index contributed by atoms with van der Waals surface area (Å²) in [6.45, 7) is 8.87. The number of ether oxygens (including phenoxy) is 2. The Hall–Kier alpha value is -3.27. The van der Waals surface area contributed by atoms with Crippen molar-refractivity contribution in [2.45, 2.75) is 52.7 Å². The van der Waals surface area contributed by atoms with Gasteiger partial charge in [-0.1, -0.05) is 29.8 Å². The monoisotopic (exact) mass is 503 g/mol. The van der Waals surface area contributed by atoms with Crippen molar-refractivity contribution in [3.8, 4) is 11.5 Å². The van der Waals surface area contributed by atoms with Gasteiger partial charge < -0.3 is 19.7 Å². The van der Waals surface area contributed by atoms with Crippen LogP contribution < -0.4 is 19.1 Å². The number of nitrogens with zero attached hydrogens (tertiary/aromatic N) is 2. The molecular weight excluding hydrogens is 470 g/mol. The van der Waals surface area contributed by atoms with Gasteiger partial charge in [-0.3, -0.25) is 13.9 Å². The highest BCUT2D eigenvalue weighted by atomic mass is 32.2. The van der Waals surface area contributed by atoms with Crippen LogP contribution in [0, 0.1) is 6.92 Å². The lowest BCUT2D eigenvalue weighted by molar-refractivity contribution is -0.140. The average molecular weight is 504 g/mol. The maximum absolute atomic E-state index is 13.6. The number of rotatable bonds is 8. The molecular formula is C25H33N3O6S. The van der Waals surface area contributed by atoms with Gasteiger partial charge in [0.1, 0.15) is 12.6 Å². The van der Waals surface area contributed by atoms with Gasteiger partial charge in [-0.25, -0.2) is 8.42 Å². The number of benzene rings is 2. The predicted molar refractivity (Wildman–Crippen MR) is 134 cm³/mol. The van der Waals surface area contributed by atoms with E-state index in [1.807, 2.05) is 52.0 Å². The van der Waals surface area contributed by atoms with Gasteiger partial charge in [-0.2, -0.15) is 0 Å². The summed E-state index contributed by atoms with van der Waals surface area (Å²) in [5.41, 5.74) is 1.63. The summed E-state index contributed by atoms with van der Waals surface area (Å²) in [6, 6.07) is 11.5. The number of anilines is 1. The van der Waals surface area contributed by atoms with Crippen molar-refractivity contribution in [2.24, 2.45) is 0 Å². The minimum Gasteiger partial charge on any atom is -0.454 e. The van der Waals surface area contributed by atoms with E-state index in [9.17, 15) is 18.0 Å². The number of fused-ring (bicyclic) bond motifs is 1. The van der Waals surface area contributed by atoms with E-state index in [-0.39, 0.29) is 24.9 Å². The molecule has 1 N–H and O–H groups in total. The highest BCUT2D eigenvalue weighted by molar-refractivity contribution is 7.92. The second kappa shape index (κ2) is 10.2. The first-order valence-electron chi connectivity index (χ1n) is 11.3. The predicted octanol–water partition coefficient (Wildman–Crippen LogP) is 2.82. The summed E-state index contributed by atoms with van der Waals surface area (Å²) in [7, 11) is -3.83. The summed E-state index contributed by atoms with van der Waals surface area (Å²) in [5, 5.41) is 2.90. The molecule has 0 radical (unpaired) electrons. The zero-order valence-electron chi connectivity index (χ0n) is 21.0. The molecule has 10 heteroatoms. The molecule has 35 heavy (non-hydrogen) atoms. The van der Waals surface area contributed by atoms with Gasteiger partial charge in [-0.05, 0) is 52.3 Å². The Labute approximate surface area is 207 Å². The normalized spacial score (nSPS) is 13.8. The van der Waals surface area contributed by atoms with Gasteiger partial charge in [0.15, 0.2) is 11.5 Å². The third-order valence-corrected chi connectivity index (χ3v) is 6.56. The molecule has 1 aliphatic heterocycles. The third-order valence-electron chi connectivity index (χ3n) is 5.42. The van der Waals surface area contributed by atoms with E-state index in [0.29, 0.717) is 11.5 Å². The van der Waals surface area contributed by atoms with Crippen molar-refractivity contribution in [1.82, 2.24) is 10.2 Å². The molecule has 0 aliphatic carbocycles. The summed E-state index contributed by atoms with van der Waals surface area (Å²) in [5.74, 6) is 0.0684. The van der Waals surface area contributed by atoms with Gasteiger partial charge in [-0.15, -0.1) is 0 Å². The largest absolute Gasteiger partial charge is 0.454 e. The molecule has 0 saturated heterocycles. The fraction of sp³-hybridized carbons (Fsp3) is 0.440. The van der Waals surface area contributed by atoms with E-state index in [0.717, 1.165) is 21.7 Å². The van der Waals surface area contributed by atoms with Crippen LogP contribution in [0.1, 0.15) is 38.8 Å². The topological polar surface area (TPSA) is 105 Å². The molecule has 0 saturated carbocycles. The van der Waals surface area contributed by atoms with Gasteiger partial charge in [0.25, 0.3) is 0 Å². The molecule has 2 amide bonds. The zero-order valence-corrected chi connectivity index (χ0v) is 21.8. The Kier molecular flexibility index (Phi) is 7.64. The van der Waals surface area contributed by atoms with Crippen molar-refractivity contribution < 1.29 is 27.5 Å². The van der Waals surface area contributed by atoms with Crippen molar-refractivity contribution in [1.29, 1.82) is 0 Å². The Morgan fingerprint density at radius 2 is 1.77 bits per heavy atom. The first-order chi connectivity index (χ1) is 16.2. The number of aryl methyl sites for hydroxylation is 1. The van der Waals surface area contributed by atoms with Crippen LogP contribution in [0.3, 0.4) is 0 Å². The number of nitrogens with one attached hydrogen (secondary N) is 1. The summed E-state index contributed by atoms with van der Waals surface area (Å²) >= 11 is 0. The summed E-state index contributed by atoms with van der Waals surface area (Å²) in [4.78, 5) is 28.0. The maximum Gasteiger partial charge on any atom is 0.244 e. The van der Waals surface area contributed by atoms with Gasteiger partial charge >= 0.3 is 0 Å². The number of carbonyl (C=O) groups is 2. The summed E-state index contributed by atoms with van der Waals surface area (Å²) < 4.78 is 37.1. The molecule has 2 aromatic carbocycles. The molecule has 1 heterocycles. The molecule has 0 spiro atoms. The number of carbonyl (C=O) groups excluding carboxylic acids is 2. The van der Waals surface area contributed by atoms with Crippen LogP contribution in [0.5, 0.6) is 11.5 Å². The fourth-order valence-electron chi connectivity index (χ4n) is 3.72. The standard InChI is InChI=1S/C25H33N3O6S/c1-17-8-7-9-19(12-17)14-27(18(2)24(30)26-25(3,4)5)23(29)15-28(35(6,31)32)20-10-11-21-22(13-20)34-16-33-21/h7-13,18H,14-16H2,1-6H3,(H,26,30)/t18-/m0/s1. The Balaban J connectivity index is 1.92. The molecule has 1 aliphatic rings. The number of sulfonamides is 1. The highest BCUT2D eigenvalue weighted by Gasteiger charge is 2.32. The first-order valence-corrected chi connectivity index (χ1v) is 13.1. The van der Waals surface area contributed by atoms with Gasteiger partial charge in [0, 0.05) is 18.2 Å². The lowest BCUT2D eigenvalue weighted by atomic mass is 10.1. The van der Waals surface area contributed by atoms with E-state index in [4.69, 9.17) is 9.47 Å². The van der Waals surface area contributed by atoms with Crippen molar-refractivity contribution in [2.75, 3.05) is 23.9 Å². The quantitative estimate of drug-likeness (QED) is 0.594. The molecule has 0 bridgehead atoms. The minimum atomic E-state index is -3.83. The SMILES string of the molecule is Cc1cccc(CN(C(=O)CN(c2ccc3c(c2)OCO3)S(C)(=O)=O)[C@@H](C)C(=O)NC(C)(C)C)c1. The van der Waals surface area contributed by atoms with Crippen LogP contribution in [0.2, 0.25) is 0 Å². The maximum atomic E-state index is 13.6. The van der Waals surface area contributed by atoms with E-state index >= 15 is 0 Å². The van der Waals surface area contributed by atoms with Crippen LogP contribution in [0.15, 0.2) is 42.5 Å². The molecule has 0 fully saturated rings. The molecule has 190 valence electrons. The van der Waals surface area contributed by atoms with Crippen LogP contribution >= 0.6 is 0 Å². The molecule has 2 aromatic rings. The number of hydrogen-bond donors (Lipinski definition) is 1. The lowest BCUT2D eigenvalue weighted by Crippen LogP contribution is -2.54. The van der Waals surface area contributed by atoms with E-state index in [2.05, 4.69) is 5.32 Å². The number of hydrogen-bond acceptors (Lipinski definition) is 6. The minimum absolute atomic E-state index is 0.0429. The van der Waals surface area contributed by atoms with Crippen molar-refractivity contribution >= 4 is 27.5 Å². The second-order valence-electron chi connectivity index (χ2n) is 9.73. The van der Waals surface area contributed by atoms with Crippen LogP contribution in [-0.4, -0.2) is 56.3 Å². The van der Waals surface area contributed by atoms with Crippen LogP contribution in [0.4, 0.5) is 5.69 Å². The van der Waals surface area contributed by atoms with E-state index in [1.54, 1.807) is 19.1 Å². The number of amides is 2.